The van der Waals surface area contributed by atoms with E-state index in [1.807, 2.05) is 25.1 Å². The zero-order valence-electron chi connectivity index (χ0n) is 12.4. The van der Waals surface area contributed by atoms with Gasteiger partial charge in [-0.1, -0.05) is 36.4 Å². The second kappa shape index (κ2) is 5.87. The summed E-state index contributed by atoms with van der Waals surface area (Å²) in [5.74, 6) is 0. The standard InChI is InChI=1S/C17H19N3O2/c1-11(12-5-4-6-13(9-12)20(21)22)19-17-10-16(18)14-7-2-3-8-15(14)17/h2-9,11,16-17,19H,10,18H2,1H3. The van der Waals surface area contributed by atoms with Crippen molar-refractivity contribution in [1.29, 1.82) is 0 Å². The number of non-ortho nitro benzene ring substituents is 1. The zero-order valence-corrected chi connectivity index (χ0v) is 12.4. The van der Waals surface area contributed by atoms with Gasteiger partial charge in [0.2, 0.25) is 0 Å². The second-order valence-electron chi connectivity index (χ2n) is 5.76. The van der Waals surface area contributed by atoms with Gasteiger partial charge in [-0.2, -0.15) is 0 Å². The minimum Gasteiger partial charge on any atom is -0.324 e. The van der Waals surface area contributed by atoms with Crippen LogP contribution in [-0.4, -0.2) is 4.92 Å². The summed E-state index contributed by atoms with van der Waals surface area (Å²) in [6, 6.07) is 15.2. The van der Waals surface area contributed by atoms with Crippen LogP contribution in [0, 0.1) is 10.1 Å². The molecule has 5 nitrogen and oxygen atoms in total. The van der Waals surface area contributed by atoms with E-state index in [1.165, 1.54) is 17.2 Å². The largest absolute Gasteiger partial charge is 0.324 e. The Hall–Kier alpha value is -2.24. The van der Waals surface area contributed by atoms with Crippen LogP contribution in [0.5, 0.6) is 0 Å². The average molecular weight is 297 g/mol. The van der Waals surface area contributed by atoms with Crippen LogP contribution in [0.4, 0.5) is 5.69 Å². The highest BCUT2D eigenvalue weighted by atomic mass is 16.6. The molecular formula is C17H19N3O2. The number of hydrogen-bond donors (Lipinski definition) is 2. The van der Waals surface area contributed by atoms with Crippen LogP contribution >= 0.6 is 0 Å². The molecule has 3 rings (SSSR count). The molecule has 0 spiro atoms. The summed E-state index contributed by atoms with van der Waals surface area (Å²) < 4.78 is 0. The molecule has 0 heterocycles. The molecule has 2 aromatic rings. The van der Waals surface area contributed by atoms with Crippen LogP contribution in [0.1, 0.15) is 48.2 Å². The fourth-order valence-electron chi connectivity index (χ4n) is 3.14. The second-order valence-corrected chi connectivity index (χ2v) is 5.76. The Bertz CT molecular complexity index is 702. The van der Waals surface area contributed by atoms with Gasteiger partial charge in [0.1, 0.15) is 0 Å². The van der Waals surface area contributed by atoms with Crippen LogP contribution in [0.3, 0.4) is 0 Å². The number of benzene rings is 2. The summed E-state index contributed by atoms with van der Waals surface area (Å²) in [6.45, 7) is 2.02. The number of nitro benzene ring substituents is 1. The van der Waals surface area contributed by atoms with Crippen molar-refractivity contribution in [2.45, 2.75) is 31.5 Å². The highest BCUT2D eigenvalue weighted by molar-refractivity contribution is 5.39. The number of nitro groups is 1. The lowest BCUT2D eigenvalue weighted by atomic mass is 10.0. The quantitative estimate of drug-likeness (QED) is 0.669. The molecule has 0 saturated carbocycles. The SMILES string of the molecule is CC(NC1CC(N)c2ccccc21)c1cccc([N+](=O)[O-])c1. The van der Waals surface area contributed by atoms with Crippen molar-refractivity contribution in [2.75, 3.05) is 0 Å². The van der Waals surface area contributed by atoms with Gasteiger partial charge in [-0.25, -0.2) is 0 Å². The molecule has 22 heavy (non-hydrogen) atoms. The van der Waals surface area contributed by atoms with E-state index < -0.39 is 0 Å². The van der Waals surface area contributed by atoms with Gasteiger partial charge in [-0.3, -0.25) is 10.1 Å². The molecule has 0 amide bonds. The predicted octanol–water partition coefficient (Wildman–Crippen LogP) is 3.39. The number of hydrogen-bond acceptors (Lipinski definition) is 4. The van der Waals surface area contributed by atoms with Crippen LogP contribution in [0.2, 0.25) is 0 Å². The molecule has 3 N–H and O–H groups in total. The van der Waals surface area contributed by atoms with Crippen LogP contribution in [0.25, 0.3) is 0 Å². The van der Waals surface area contributed by atoms with E-state index in [9.17, 15) is 10.1 Å². The van der Waals surface area contributed by atoms with E-state index in [0.29, 0.717) is 0 Å². The zero-order chi connectivity index (χ0) is 15.7. The van der Waals surface area contributed by atoms with E-state index in [0.717, 1.165) is 12.0 Å². The van der Waals surface area contributed by atoms with Crippen molar-refractivity contribution in [3.63, 3.8) is 0 Å². The summed E-state index contributed by atoms with van der Waals surface area (Å²) in [6.07, 6.45) is 0.846. The number of nitrogens with two attached hydrogens (primary N) is 1. The first-order valence-corrected chi connectivity index (χ1v) is 7.41. The van der Waals surface area contributed by atoms with Gasteiger partial charge in [0.25, 0.3) is 5.69 Å². The maximum atomic E-state index is 10.9. The summed E-state index contributed by atoms with van der Waals surface area (Å²) in [5.41, 5.74) is 9.63. The van der Waals surface area contributed by atoms with Gasteiger partial charge < -0.3 is 11.1 Å². The first-order valence-electron chi connectivity index (χ1n) is 7.41. The van der Waals surface area contributed by atoms with Gasteiger partial charge in [-0.15, -0.1) is 0 Å². The minimum absolute atomic E-state index is 0.0169. The number of rotatable bonds is 4. The number of nitrogens with one attached hydrogen (secondary N) is 1. The molecule has 3 atom stereocenters. The van der Waals surface area contributed by atoms with E-state index in [-0.39, 0.29) is 28.7 Å². The average Bonchev–Trinajstić information content (AvgIpc) is 2.84. The lowest BCUT2D eigenvalue weighted by Gasteiger charge is -2.20. The molecule has 2 aromatic carbocycles. The molecule has 0 radical (unpaired) electrons. The van der Waals surface area contributed by atoms with Gasteiger partial charge in [0, 0.05) is 30.3 Å². The van der Waals surface area contributed by atoms with Crippen molar-refractivity contribution in [3.8, 4) is 0 Å². The van der Waals surface area contributed by atoms with Crippen LogP contribution in [0.15, 0.2) is 48.5 Å². The van der Waals surface area contributed by atoms with Crippen molar-refractivity contribution >= 4 is 5.69 Å². The number of nitrogens with zero attached hydrogens (tertiary/aromatic N) is 1. The van der Waals surface area contributed by atoms with E-state index in [2.05, 4.69) is 17.4 Å². The first kappa shape index (κ1) is 14.7. The first-order chi connectivity index (χ1) is 10.6. The Balaban J connectivity index is 1.79. The van der Waals surface area contributed by atoms with Crippen molar-refractivity contribution in [2.24, 2.45) is 5.73 Å². The monoisotopic (exact) mass is 297 g/mol. The topological polar surface area (TPSA) is 81.2 Å². The molecular weight excluding hydrogens is 278 g/mol. The van der Waals surface area contributed by atoms with Crippen LogP contribution < -0.4 is 11.1 Å². The van der Waals surface area contributed by atoms with E-state index >= 15 is 0 Å². The highest BCUT2D eigenvalue weighted by Crippen LogP contribution is 2.38. The Morgan fingerprint density at radius 1 is 1.23 bits per heavy atom. The maximum absolute atomic E-state index is 10.9. The molecule has 0 fully saturated rings. The summed E-state index contributed by atoms with van der Waals surface area (Å²) in [5, 5.41) is 14.4. The smallest absolute Gasteiger partial charge is 0.269 e. The molecule has 0 bridgehead atoms. The minimum atomic E-state index is -0.364. The number of fused-ring (bicyclic) bond motifs is 1. The highest BCUT2D eigenvalue weighted by Gasteiger charge is 2.29. The molecule has 0 aromatic heterocycles. The third-order valence-electron chi connectivity index (χ3n) is 4.29. The molecule has 1 aliphatic carbocycles. The van der Waals surface area contributed by atoms with Crippen molar-refractivity contribution in [1.82, 2.24) is 5.32 Å². The van der Waals surface area contributed by atoms with Crippen molar-refractivity contribution < 1.29 is 4.92 Å². The van der Waals surface area contributed by atoms with Crippen molar-refractivity contribution in [3.05, 3.63) is 75.3 Å². The summed E-state index contributed by atoms with van der Waals surface area (Å²) in [7, 11) is 0. The van der Waals surface area contributed by atoms with Crippen LogP contribution in [-0.2, 0) is 0 Å². The molecule has 3 unspecified atom stereocenters. The lowest BCUT2D eigenvalue weighted by Crippen LogP contribution is -2.23. The Labute approximate surface area is 129 Å². The summed E-state index contributed by atoms with van der Waals surface area (Å²) >= 11 is 0. The molecule has 114 valence electrons. The fraction of sp³-hybridized carbons (Fsp3) is 0.294. The van der Waals surface area contributed by atoms with Gasteiger partial charge in [0.15, 0.2) is 0 Å². The third-order valence-corrected chi connectivity index (χ3v) is 4.29. The Kier molecular flexibility index (Phi) is 3.92. The molecule has 5 heteroatoms. The van der Waals surface area contributed by atoms with Gasteiger partial charge >= 0.3 is 0 Å². The lowest BCUT2D eigenvalue weighted by molar-refractivity contribution is -0.384. The summed E-state index contributed by atoms with van der Waals surface area (Å²) in [4.78, 5) is 10.5. The predicted molar refractivity (Wildman–Crippen MR) is 85.4 cm³/mol. The Morgan fingerprint density at radius 2 is 1.95 bits per heavy atom. The van der Waals surface area contributed by atoms with Gasteiger partial charge in [-0.05, 0) is 30.0 Å². The van der Waals surface area contributed by atoms with Gasteiger partial charge in [0.05, 0.1) is 4.92 Å². The van der Waals surface area contributed by atoms with E-state index in [4.69, 9.17) is 5.73 Å². The molecule has 0 aliphatic heterocycles. The maximum Gasteiger partial charge on any atom is 0.269 e. The van der Waals surface area contributed by atoms with E-state index in [1.54, 1.807) is 12.1 Å². The molecule has 0 saturated heterocycles. The molecule has 1 aliphatic rings. The third kappa shape index (κ3) is 2.73. The Morgan fingerprint density at radius 3 is 2.68 bits per heavy atom. The fourth-order valence-corrected chi connectivity index (χ4v) is 3.14. The normalized spacial score (nSPS) is 21.4.